The lowest BCUT2D eigenvalue weighted by Crippen LogP contribution is -2.42. The third kappa shape index (κ3) is 2.69. The Morgan fingerprint density at radius 1 is 1.40 bits per heavy atom. The molecule has 0 radical (unpaired) electrons. The molecular weight excluding hydrogens is 256 g/mol. The number of nitrogens with zero attached hydrogens (tertiary/aromatic N) is 3. The van der Waals surface area contributed by atoms with Crippen LogP contribution in [0.25, 0.3) is 0 Å². The number of hydrogen-bond donors (Lipinski definition) is 1. The smallest absolute Gasteiger partial charge is 0.223 e. The summed E-state index contributed by atoms with van der Waals surface area (Å²) in [5.74, 6) is 0.779. The van der Waals surface area contributed by atoms with E-state index in [9.17, 15) is 9.59 Å². The van der Waals surface area contributed by atoms with E-state index < -0.39 is 0 Å². The van der Waals surface area contributed by atoms with Gasteiger partial charge in [-0.1, -0.05) is 0 Å². The molecule has 0 bridgehead atoms. The molecule has 1 aromatic rings. The number of fused-ring (bicyclic) bond motifs is 1. The maximum absolute atomic E-state index is 12.3. The Hall–Kier alpha value is -1.85. The molecule has 2 aliphatic rings. The maximum Gasteiger partial charge on any atom is 0.223 e. The Morgan fingerprint density at radius 3 is 2.90 bits per heavy atom. The van der Waals surface area contributed by atoms with Crippen LogP contribution in [0.15, 0.2) is 12.3 Å². The van der Waals surface area contributed by atoms with Crippen molar-refractivity contribution >= 4 is 11.8 Å². The Morgan fingerprint density at radius 2 is 2.20 bits per heavy atom. The Kier molecular flexibility index (Phi) is 3.46. The van der Waals surface area contributed by atoms with Crippen LogP contribution in [0.1, 0.15) is 37.4 Å². The quantitative estimate of drug-likeness (QED) is 0.880. The van der Waals surface area contributed by atoms with Crippen molar-refractivity contribution in [2.45, 2.75) is 38.3 Å². The summed E-state index contributed by atoms with van der Waals surface area (Å²) in [6, 6.07) is 1.87. The molecule has 6 nitrogen and oxygen atoms in total. The molecule has 1 aliphatic carbocycles. The number of carbonyl (C=O) groups is 2. The normalized spacial score (nSPS) is 21.4. The molecule has 1 aliphatic heterocycles. The van der Waals surface area contributed by atoms with E-state index in [-0.39, 0.29) is 17.9 Å². The van der Waals surface area contributed by atoms with Crippen LogP contribution in [0.2, 0.25) is 0 Å². The largest absolute Gasteiger partial charge is 0.359 e. The summed E-state index contributed by atoms with van der Waals surface area (Å²) in [7, 11) is 1.63. The molecule has 20 heavy (non-hydrogen) atoms. The topological polar surface area (TPSA) is 67.2 Å². The van der Waals surface area contributed by atoms with Crippen molar-refractivity contribution < 1.29 is 9.59 Å². The fourth-order valence-electron chi connectivity index (χ4n) is 2.74. The SMILES string of the molecule is CNC(=O)C[C@@H]1CN(C(=O)CC2CC2)Cc2ccnn21. The van der Waals surface area contributed by atoms with Crippen molar-refractivity contribution in [3.05, 3.63) is 18.0 Å². The summed E-state index contributed by atoms with van der Waals surface area (Å²) in [6.45, 7) is 1.18. The molecule has 1 fully saturated rings. The van der Waals surface area contributed by atoms with Gasteiger partial charge in [0.1, 0.15) is 0 Å². The number of nitrogens with one attached hydrogen (secondary N) is 1. The lowest BCUT2D eigenvalue weighted by Gasteiger charge is -2.33. The Balaban J connectivity index is 1.73. The molecule has 2 heterocycles. The van der Waals surface area contributed by atoms with Gasteiger partial charge in [-0.25, -0.2) is 0 Å². The first-order valence-electron chi connectivity index (χ1n) is 7.18. The van der Waals surface area contributed by atoms with E-state index in [0.29, 0.717) is 31.8 Å². The molecule has 108 valence electrons. The molecule has 1 atom stereocenters. The van der Waals surface area contributed by atoms with E-state index in [1.54, 1.807) is 13.2 Å². The molecule has 1 aromatic heterocycles. The van der Waals surface area contributed by atoms with Crippen molar-refractivity contribution in [1.82, 2.24) is 20.0 Å². The summed E-state index contributed by atoms with van der Waals surface area (Å²) in [5, 5.41) is 6.93. The minimum Gasteiger partial charge on any atom is -0.359 e. The lowest BCUT2D eigenvalue weighted by molar-refractivity contribution is -0.134. The molecule has 2 amide bonds. The second kappa shape index (κ2) is 5.26. The minimum absolute atomic E-state index is 0.0204. The monoisotopic (exact) mass is 276 g/mol. The average molecular weight is 276 g/mol. The minimum atomic E-state index is -0.0585. The van der Waals surface area contributed by atoms with E-state index in [2.05, 4.69) is 10.4 Å². The van der Waals surface area contributed by atoms with Gasteiger partial charge in [0, 0.05) is 26.2 Å². The van der Waals surface area contributed by atoms with Crippen molar-refractivity contribution in [3.8, 4) is 0 Å². The lowest BCUT2D eigenvalue weighted by atomic mass is 10.1. The fraction of sp³-hybridized carbons (Fsp3) is 0.643. The highest BCUT2D eigenvalue weighted by Crippen LogP contribution is 2.34. The van der Waals surface area contributed by atoms with Crippen molar-refractivity contribution in [1.29, 1.82) is 0 Å². The molecule has 0 spiro atoms. The first-order chi connectivity index (χ1) is 9.67. The number of rotatable bonds is 4. The number of carbonyl (C=O) groups excluding carboxylic acids is 2. The summed E-state index contributed by atoms with van der Waals surface area (Å²) in [5.41, 5.74) is 1.01. The third-order valence-corrected chi connectivity index (χ3v) is 4.09. The van der Waals surface area contributed by atoms with Gasteiger partial charge in [0.2, 0.25) is 11.8 Å². The zero-order valence-corrected chi connectivity index (χ0v) is 11.7. The zero-order chi connectivity index (χ0) is 14.1. The predicted molar refractivity (Wildman–Crippen MR) is 72.7 cm³/mol. The average Bonchev–Trinajstić information content (AvgIpc) is 3.12. The van der Waals surface area contributed by atoms with Gasteiger partial charge in [-0.3, -0.25) is 14.3 Å². The standard InChI is InChI=1S/C14H20N4O2/c1-15-13(19)7-12-9-17(14(20)6-10-2-3-10)8-11-4-5-16-18(11)12/h4-5,10,12H,2-3,6-9H2,1H3,(H,15,19)/t12-/m1/s1. The molecule has 1 N–H and O–H groups in total. The van der Waals surface area contributed by atoms with Crippen LogP contribution < -0.4 is 5.32 Å². The van der Waals surface area contributed by atoms with E-state index >= 15 is 0 Å². The molecule has 1 saturated carbocycles. The van der Waals surface area contributed by atoms with Crippen molar-refractivity contribution in [2.75, 3.05) is 13.6 Å². The van der Waals surface area contributed by atoms with E-state index in [0.717, 1.165) is 5.69 Å². The van der Waals surface area contributed by atoms with E-state index in [1.807, 2.05) is 15.6 Å². The highest BCUT2D eigenvalue weighted by molar-refractivity contribution is 5.78. The molecule has 0 unspecified atom stereocenters. The van der Waals surface area contributed by atoms with Crippen LogP contribution in [-0.4, -0.2) is 40.1 Å². The second-order valence-electron chi connectivity index (χ2n) is 5.72. The van der Waals surface area contributed by atoms with Gasteiger partial charge in [0.25, 0.3) is 0 Å². The number of amides is 2. The Labute approximate surface area is 118 Å². The van der Waals surface area contributed by atoms with E-state index in [4.69, 9.17) is 0 Å². The highest BCUT2D eigenvalue weighted by Gasteiger charge is 2.32. The molecule has 3 rings (SSSR count). The third-order valence-electron chi connectivity index (χ3n) is 4.09. The van der Waals surface area contributed by atoms with Gasteiger partial charge in [-0.2, -0.15) is 5.10 Å². The predicted octanol–water partition coefficient (Wildman–Crippen LogP) is 0.703. The Bertz CT molecular complexity index is 521. The molecule has 6 heteroatoms. The second-order valence-corrected chi connectivity index (χ2v) is 5.72. The molecule has 0 saturated heterocycles. The van der Waals surface area contributed by atoms with Gasteiger partial charge in [-0.15, -0.1) is 0 Å². The fourth-order valence-corrected chi connectivity index (χ4v) is 2.74. The first-order valence-corrected chi connectivity index (χ1v) is 7.18. The molecule has 0 aromatic carbocycles. The summed E-state index contributed by atoms with van der Waals surface area (Å²) in [4.78, 5) is 25.8. The van der Waals surface area contributed by atoms with Gasteiger partial charge >= 0.3 is 0 Å². The van der Waals surface area contributed by atoms with E-state index in [1.165, 1.54) is 12.8 Å². The van der Waals surface area contributed by atoms with Gasteiger partial charge in [0.05, 0.1) is 24.7 Å². The zero-order valence-electron chi connectivity index (χ0n) is 11.7. The van der Waals surface area contributed by atoms with Crippen LogP contribution in [0.5, 0.6) is 0 Å². The van der Waals surface area contributed by atoms with Crippen molar-refractivity contribution in [2.24, 2.45) is 5.92 Å². The van der Waals surface area contributed by atoms with Crippen LogP contribution in [-0.2, 0) is 16.1 Å². The van der Waals surface area contributed by atoms with Crippen LogP contribution in [0.3, 0.4) is 0 Å². The number of aromatic nitrogens is 2. The van der Waals surface area contributed by atoms with Crippen LogP contribution in [0, 0.1) is 5.92 Å². The highest BCUT2D eigenvalue weighted by atomic mass is 16.2. The first kappa shape index (κ1) is 13.1. The van der Waals surface area contributed by atoms with Gasteiger partial charge < -0.3 is 10.2 Å². The van der Waals surface area contributed by atoms with Crippen molar-refractivity contribution in [3.63, 3.8) is 0 Å². The summed E-state index contributed by atoms with van der Waals surface area (Å²) in [6.07, 6.45) is 5.11. The summed E-state index contributed by atoms with van der Waals surface area (Å²) >= 11 is 0. The molecular formula is C14H20N4O2. The summed E-state index contributed by atoms with van der Waals surface area (Å²) < 4.78 is 1.89. The number of hydrogen-bond acceptors (Lipinski definition) is 3. The van der Waals surface area contributed by atoms with Gasteiger partial charge in [0.15, 0.2) is 0 Å². The van der Waals surface area contributed by atoms with Crippen LogP contribution in [0.4, 0.5) is 0 Å². The van der Waals surface area contributed by atoms with Crippen LogP contribution >= 0.6 is 0 Å². The maximum atomic E-state index is 12.3. The van der Waals surface area contributed by atoms with Gasteiger partial charge in [-0.05, 0) is 24.8 Å².